The number of nitrogens with zero attached hydrogens (tertiary/aromatic N) is 2. The summed E-state index contributed by atoms with van der Waals surface area (Å²) in [5.41, 5.74) is 13.3. The third-order valence-electron chi connectivity index (χ3n) is 3.50. The van der Waals surface area contributed by atoms with Crippen LogP contribution in [0.3, 0.4) is 0 Å². The van der Waals surface area contributed by atoms with Crippen LogP contribution >= 0.6 is 37.9 Å². The van der Waals surface area contributed by atoms with Crippen LogP contribution in [0.4, 0.5) is 22.7 Å². The molecule has 0 aliphatic heterocycles. The number of nitrogen functional groups attached to an aromatic ring is 2. The van der Waals surface area contributed by atoms with E-state index in [0.29, 0.717) is 31.9 Å². The predicted octanol–water partition coefficient (Wildman–Crippen LogP) is 4.99. The molecule has 0 fully saturated rings. The number of aromatic hydroxyl groups is 1. The van der Waals surface area contributed by atoms with E-state index in [9.17, 15) is 5.11 Å². The molecule has 5 nitrogen and oxygen atoms in total. The lowest BCUT2D eigenvalue weighted by molar-refractivity contribution is 0.481. The molecule has 0 amide bonds. The van der Waals surface area contributed by atoms with Crippen LogP contribution in [0.1, 0.15) is 0 Å². The fourth-order valence-electron chi connectivity index (χ4n) is 2.33. The average Bonchev–Trinajstić information content (AvgIpc) is 2.52. The highest BCUT2D eigenvalue weighted by atomic mass is 32.1. The maximum atomic E-state index is 10.6. The molecule has 0 radical (unpaired) electrons. The summed E-state index contributed by atoms with van der Waals surface area (Å²) in [4.78, 5) is 1.80. The number of phenolic OH excluding ortho intramolecular Hbond substituents is 1. The minimum Gasteiger partial charge on any atom is -0.505 e. The van der Waals surface area contributed by atoms with Crippen molar-refractivity contribution < 1.29 is 5.11 Å². The van der Waals surface area contributed by atoms with Crippen molar-refractivity contribution in [1.82, 2.24) is 0 Å². The summed E-state index contributed by atoms with van der Waals surface area (Å²) >= 11 is 13.0. The molecule has 3 aromatic carbocycles. The summed E-state index contributed by atoms with van der Waals surface area (Å²) in [5.74, 6) is -0.136. The zero-order valence-electron chi connectivity index (χ0n) is 12.3. The van der Waals surface area contributed by atoms with Crippen LogP contribution in [0.25, 0.3) is 10.8 Å². The largest absolute Gasteiger partial charge is 0.505 e. The first-order valence-electron chi connectivity index (χ1n) is 6.85. The molecule has 0 spiro atoms. The van der Waals surface area contributed by atoms with Crippen LogP contribution in [0, 0.1) is 0 Å². The average molecular weight is 375 g/mol. The number of benzene rings is 3. The van der Waals surface area contributed by atoms with Crippen LogP contribution in [-0.4, -0.2) is 5.11 Å². The number of thiol groups is 3. The van der Waals surface area contributed by atoms with Gasteiger partial charge in [0, 0.05) is 20.1 Å². The first-order valence-corrected chi connectivity index (χ1v) is 8.19. The predicted molar refractivity (Wildman–Crippen MR) is 107 cm³/mol. The summed E-state index contributed by atoms with van der Waals surface area (Å²) in [5, 5.41) is 19.9. The molecule has 0 atom stereocenters. The van der Waals surface area contributed by atoms with E-state index in [4.69, 9.17) is 11.5 Å². The van der Waals surface area contributed by atoms with Gasteiger partial charge in [0.2, 0.25) is 0 Å². The number of rotatable bonds is 2. The molecule has 24 heavy (non-hydrogen) atoms. The smallest absolute Gasteiger partial charge is 0.154 e. The molecule has 122 valence electrons. The first-order chi connectivity index (χ1) is 11.4. The Labute approximate surface area is 155 Å². The zero-order chi connectivity index (χ0) is 17.4. The Balaban J connectivity index is 2.20. The molecular weight excluding hydrogens is 360 g/mol. The summed E-state index contributed by atoms with van der Waals surface area (Å²) in [6.07, 6.45) is 0. The Hall–Kier alpha value is -2.03. The number of fused-ring (bicyclic) bond motifs is 1. The van der Waals surface area contributed by atoms with Crippen molar-refractivity contribution >= 4 is 71.4 Å². The normalized spacial score (nSPS) is 11.5. The highest BCUT2D eigenvalue weighted by molar-refractivity contribution is 7.81. The van der Waals surface area contributed by atoms with Gasteiger partial charge in [0.25, 0.3) is 0 Å². The number of anilines is 2. The first kappa shape index (κ1) is 16.8. The Morgan fingerprint density at radius 3 is 2.38 bits per heavy atom. The van der Waals surface area contributed by atoms with Crippen molar-refractivity contribution in [1.29, 1.82) is 0 Å². The number of azo groups is 1. The van der Waals surface area contributed by atoms with Crippen molar-refractivity contribution in [2.45, 2.75) is 14.7 Å². The van der Waals surface area contributed by atoms with Gasteiger partial charge in [0.05, 0.1) is 22.4 Å². The lowest BCUT2D eigenvalue weighted by Gasteiger charge is -2.12. The van der Waals surface area contributed by atoms with E-state index in [1.54, 1.807) is 24.3 Å². The zero-order valence-corrected chi connectivity index (χ0v) is 15.0. The van der Waals surface area contributed by atoms with Crippen molar-refractivity contribution in [2.24, 2.45) is 10.2 Å². The molecule has 3 rings (SSSR count). The molecule has 0 aliphatic carbocycles. The van der Waals surface area contributed by atoms with E-state index in [1.807, 2.05) is 12.1 Å². The van der Waals surface area contributed by atoms with Crippen LogP contribution in [0.5, 0.6) is 5.75 Å². The van der Waals surface area contributed by atoms with Gasteiger partial charge in [-0.3, -0.25) is 0 Å². The van der Waals surface area contributed by atoms with Crippen molar-refractivity contribution in [3.8, 4) is 5.75 Å². The van der Waals surface area contributed by atoms with E-state index in [1.165, 1.54) is 0 Å². The molecule has 0 saturated carbocycles. The van der Waals surface area contributed by atoms with Crippen LogP contribution in [-0.2, 0) is 0 Å². The van der Waals surface area contributed by atoms with Crippen LogP contribution in [0.2, 0.25) is 0 Å². The second kappa shape index (κ2) is 6.46. The molecule has 3 aromatic rings. The minimum atomic E-state index is -0.136. The lowest BCUT2D eigenvalue weighted by Crippen LogP contribution is -1.96. The molecular formula is C16H14N4OS3. The van der Waals surface area contributed by atoms with E-state index < -0.39 is 0 Å². The SMILES string of the molecule is Nc1cc(S)c2cc(S)c(N=Nc3cccc(S)c3)c(O)c2c1N. The monoisotopic (exact) mass is 374 g/mol. The van der Waals surface area contributed by atoms with Gasteiger partial charge in [0.1, 0.15) is 5.69 Å². The maximum Gasteiger partial charge on any atom is 0.154 e. The minimum absolute atomic E-state index is 0.136. The molecule has 0 unspecified atom stereocenters. The Bertz CT molecular complexity index is 989. The van der Waals surface area contributed by atoms with Crippen molar-refractivity contribution in [3.63, 3.8) is 0 Å². The molecule has 8 heteroatoms. The van der Waals surface area contributed by atoms with E-state index in [0.717, 1.165) is 4.90 Å². The number of nitrogens with two attached hydrogens (primary N) is 2. The fourth-order valence-corrected chi connectivity index (χ4v) is 3.14. The summed E-state index contributed by atoms with van der Waals surface area (Å²) in [7, 11) is 0. The van der Waals surface area contributed by atoms with E-state index in [-0.39, 0.29) is 17.1 Å². The van der Waals surface area contributed by atoms with Gasteiger partial charge < -0.3 is 16.6 Å². The number of phenols is 1. The molecule has 0 aliphatic rings. The molecule has 0 bridgehead atoms. The third kappa shape index (κ3) is 3.00. The lowest BCUT2D eigenvalue weighted by atomic mass is 10.1. The summed E-state index contributed by atoms with van der Waals surface area (Å²) in [6, 6.07) is 10.5. The van der Waals surface area contributed by atoms with Gasteiger partial charge in [-0.05, 0) is 30.3 Å². The summed E-state index contributed by atoms with van der Waals surface area (Å²) in [6.45, 7) is 0. The van der Waals surface area contributed by atoms with Gasteiger partial charge in [-0.15, -0.1) is 43.0 Å². The number of hydrogen-bond donors (Lipinski definition) is 6. The highest BCUT2D eigenvalue weighted by Gasteiger charge is 2.16. The van der Waals surface area contributed by atoms with Crippen molar-refractivity contribution in [3.05, 3.63) is 36.4 Å². The van der Waals surface area contributed by atoms with Gasteiger partial charge in [-0.1, -0.05) is 6.07 Å². The quantitative estimate of drug-likeness (QED) is 0.217. The highest BCUT2D eigenvalue weighted by Crippen LogP contribution is 2.46. The third-order valence-corrected chi connectivity index (χ3v) is 4.49. The van der Waals surface area contributed by atoms with Crippen molar-refractivity contribution in [2.75, 3.05) is 11.5 Å². The number of hydrogen-bond acceptors (Lipinski definition) is 8. The maximum absolute atomic E-state index is 10.6. The van der Waals surface area contributed by atoms with E-state index in [2.05, 4.69) is 48.1 Å². The fraction of sp³-hybridized carbons (Fsp3) is 0. The van der Waals surface area contributed by atoms with E-state index >= 15 is 0 Å². The Morgan fingerprint density at radius 1 is 0.917 bits per heavy atom. The van der Waals surface area contributed by atoms with Gasteiger partial charge in [0.15, 0.2) is 5.75 Å². The Kier molecular flexibility index (Phi) is 4.53. The second-order valence-corrected chi connectivity index (χ2v) is 6.61. The van der Waals surface area contributed by atoms with Gasteiger partial charge in [-0.2, -0.15) is 5.11 Å². The van der Waals surface area contributed by atoms with Crippen LogP contribution in [0.15, 0.2) is 61.3 Å². The Morgan fingerprint density at radius 2 is 1.67 bits per heavy atom. The summed E-state index contributed by atoms with van der Waals surface area (Å²) < 4.78 is 0. The van der Waals surface area contributed by atoms with Crippen LogP contribution < -0.4 is 11.5 Å². The standard InChI is InChI=1S/C16H14N4OS3/c17-10-6-11(23)9-5-12(24)15(16(21)13(9)14(10)18)20-19-7-2-1-3-8(22)4-7/h1-6,21-24H,17-18H2. The van der Waals surface area contributed by atoms with Gasteiger partial charge >= 0.3 is 0 Å². The molecule has 0 heterocycles. The molecule has 0 saturated heterocycles. The molecule has 5 N–H and O–H groups in total. The van der Waals surface area contributed by atoms with Gasteiger partial charge in [-0.25, -0.2) is 0 Å². The second-order valence-electron chi connectivity index (χ2n) is 5.13. The topological polar surface area (TPSA) is 97.0 Å². The molecule has 0 aromatic heterocycles.